The van der Waals surface area contributed by atoms with E-state index in [1.54, 1.807) is 0 Å². The number of piperidine rings is 1. The van der Waals surface area contributed by atoms with Gasteiger partial charge < -0.3 is 15.4 Å². The summed E-state index contributed by atoms with van der Waals surface area (Å²) in [5, 5.41) is 0. The summed E-state index contributed by atoms with van der Waals surface area (Å²) >= 11 is 0. The van der Waals surface area contributed by atoms with Crippen molar-refractivity contribution < 1.29 is 4.74 Å². The molecule has 1 aliphatic carbocycles. The second kappa shape index (κ2) is 6.75. The molecular formula is C17H27N3O. The predicted octanol–water partition coefficient (Wildman–Crippen LogP) is 2.28. The van der Waals surface area contributed by atoms with Crippen LogP contribution >= 0.6 is 0 Å². The molecule has 1 aliphatic heterocycles. The van der Waals surface area contributed by atoms with Crippen LogP contribution in [0.25, 0.3) is 0 Å². The molecule has 21 heavy (non-hydrogen) atoms. The van der Waals surface area contributed by atoms with Gasteiger partial charge in [-0.2, -0.15) is 0 Å². The van der Waals surface area contributed by atoms with Crippen molar-refractivity contribution >= 4 is 0 Å². The molecule has 0 spiro atoms. The van der Waals surface area contributed by atoms with Crippen LogP contribution in [0.2, 0.25) is 0 Å². The molecule has 1 aromatic heterocycles. The van der Waals surface area contributed by atoms with Crippen molar-refractivity contribution in [2.75, 3.05) is 20.2 Å². The monoisotopic (exact) mass is 289 g/mol. The van der Waals surface area contributed by atoms with Crippen LogP contribution in [-0.2, 0) is 19.4 Å². The van der Waals surface area contributed by atoms with Crippen molar-refractivity contribution in [3.8, 4) is 5.88 Å². The molecule has 1 fully saturated rings. The number of likely N-dealkylation sites (N-methyl/N-ethyl adjacent to an activating group) is 1. The topological polar surface area (TPSA) is 51.4 Å². The Labute approximate surface area is 127 Å². The van der Waals surface area contributed by atoms with Gasteiger partial charge in [0, 0.05) is 23.8 Å². The van der Waals surface area contributed by atoms with Gasteiger partial charge in [-0.25, -0.2) is 4.98 Å². The number of nitrogens with two attached hydrogens (primary N) is 1. The number of nitrogens with zero attached hydrogens (tertiary/aromatic N) is 2. The van der Waals surface area contributed by atoms with Gasteiger partial charge in [0.25, 0.3) is 0 Å². The third-order valence-electron chi connectivity index (χ3n) is 4.89. The lowest BCUT2D eigenvalue weighted by Gasteiger charge is -2.32. The van der Waals surface area contributed by atoms with Crippen molar-refractivity contribution in [3.05, 3.63) is 22.9 Å². The first-order valence-electron chi connectivity index (χ1n) is 8.32. The Hall–Kier alpha value is -1.13. The fourth-order valence-corrected chi connectivity index (χ4v) is 3.46. The van der Waals surface area contributed by atoms with E-state index < -0.39 is 0 Å². The van der Waals surface area contributed by atoms with Gasteiger partial charge in [-0.1, -0.05) is 6.42 Å². The van der Waals surface area contributed by atoms with E-state index in [-0.39, 0.29) is 0 Å². The number of rotatable bonds is 4. The summed E-state index contributed by atoms with van der Waals surface area (Å²) in [6, 6.07) is 2.74. The lowest BCUT2D eigenvalue weighted by atomic mass is 9.95. The maximum atomic E-state index is 6.07. The summed E-state index contributed by atoms with van der Waals surface area (Å²) in [7, 11) is 2.19. The summed E-state index contributed by atoms with van der Waals surface area (Å²) in [6.45, 7) is 2.42. The number of hydrogen-bond acceptors (Lipinski definition) is 4. The standard InChI is InChI=1S/C17H27N3O/c1-20-9-5-4-7-15(20)12-21-17-14(11-18)10-13-6-2-3-8-16(13)19-17/h10,15H,2-9,11-12,18H2,1H3. The molecule has 0 aromatic carbocycles. The quantitative estimate of drug-likeness (QED) is 0.924. The second-order valence-corrected chi connectivity index (χ2v) is 6.41. The average Bonchev–Trinajstić information content (AvgIpc) is 2.53. The fraction of sp³-hybridized carbons (Fsp3) is 0.706. The van der Waals surface area contributed by atoms with Gasteiger partial charge in [0.05, 0.1) is 0 Å². The van der Waals surface area contributed by atoms with Crippen LogP contribution in [0.15, 0.2) is 6.07 Å². The molecule has 4 heteroatoms. The lowest BCUT2D eigenvalue weighted by Crippen LogP contribution is -2.40. The zero-order valence-electron chi connectivity index (χ0n) is 13.1. The molecule has 0 amide bonds. The lowest BCUT2D eigenvalue weighted by molar-refractivity contribution is 0.122. The molecule has 3 rings (SSSR count). The highest BCUT2D eigenvalue weighted by Crippen LogP contribution is 2.26. The highest BCUT2D eigenvalue weighted by atomic mass is 16.5. The molecule has 2 aliphatic rings. The molecule has 1 atom stereocenters. The first kappa shape index (κ1) is 14.8. The molecule has 0 saturated carbocycles. The van der Waals surface area contributed by atoms with Gasteiger partial charge in [-0.15, -0.1) is 0 Å². The van der Waals surface area contributed by atoms with Crippen molar-refractivity contribution in [2.24, 2.45) is 5.73 Å². The zero-order valence-corrected chi connectivity index (χ0v) is 13.1. The Morgan fingerprint density at radius 1 is 1.29 bits per heavy atom. The van der Waals surface area contributed by atoms with E-state index in [9.17, 15) is 0 Å². The molecule has 0 radical (unpaired) electrons. The summed E-state index contributed by atoms with van der Waals surface area (Å²) in [5.74, 6) is 0.775. The molecular weight excluding hydrogens is 262 g/mol. The van der Waals surface area contributed by atoms with Crippen LogP contribution in [0.5, 0.6) is 5.88 Å². The molecule has 1 unspecified atom stereocenters. The number of fused-ring (bicyclic) bond motifs is 1. The average molecular weight is 289 g/mol. The van der Waals surface area contributed by atoms with Gasteiger partial charge in [0.2, 0.25) is 5.88 Å². The molecule has 2 N–H and O–H groups in total. The summed E-state index contributed by atoms with van der Waals surface area (Å²) in [6.07, 6.45) is 8.57. The highest BCUT2D eigenvalue weighted by molar-refractivity contribution is 5.35. The molecule has 2 heterocycles. The minimum atomic E-state index is 0.510. The number of hydrogen-bond donors (Lipinski definition) is 1. The molecule has 1 aromatic rings. The van der Waals surface area contributed by atoms with Crippen molar-refractivity contribution in [1.82, 2.24) is 9.88 Å². The van der Waals surface area contributed by atoms with Gasteiger partial charge in [-0.3, -0.25) is 0 Å². The third kappa shape index (κ3) is 3.38. The largest absolute Gasteiger partial charge is 0.476 e. The van der Waals surface area contributed by atoms with Crippen LogP contribution in [0.4, 0.5) is 0 Å². The van der Waals surface area contributed by atoms with Crippen molar-refractivity contribution in [1.29, 1.82) is 0 Å². The zero-order chi connectivity index (χ0) is 14.7. The Morgan fingerprint density at radius 2 is 2.14 bits per heavy atom. The Bertz CT molecular complexity index is 489. The smallest absolute Gasteiger partial charge is 0.218 e. The van der Waals surface area contributed by atoms with Gasteiger partial charge in [0.15, 0.2) is 0 Å². The highest BCUT2D eigenvalue weighted by Gasteiger charge is 2.21. The Balaban J connectivity index is 1.71. The number of pyridine rings is 1. The maximum absolute atomic E-state index is 6.07. The molecule has 116 valence electrons. The first-order valence-corrected chi connectivity index (χ1v) is 8.32. The van der Waals surface area contributed by atoms with Crippen LogP contribution < -0.4 is 10.5 Å². The van der Waals surface area contributed by atoms with E-state index in [1.807, 2.05) is 0 Å². The predicted molar refractivity (Wildman–Crippen MR) is 84.5 cm³/mol. The summed E-state index contributed by atoms with van der Waals surface area (Å²) in [4.78, 5) is 7.18. The van der Waals surface area contributed by atoms with Gasteiger partial charge >= 0.3 is 0 Å². The third-order valence-corrected chi connectivity index (χ3v) is 4.89. The van der Waals surface area contributed by atoms with E-state index in [2.05, 4.69) is 18.0 Å². The van der Waals surface area contributed by atoms with E-state index in [0.717, 1.165) is 30.9 Å². The van der Waals surface area contributed by atoms with E-state index in [1.165, 1.54) is 49.9 Å². The minimum absolute atomic E-state index is 0.510. The van der Waals surface area contributed by atoms with Gasteiger partial charge in [0.1, 0.15) is 6.61 Å². The van der Waals surface area contributed by atoms with Crippen molar-refractivity contribution in [3.63, 3.8) is 0 Å². The first-order chi connectivity index (χ1) is 10.3. The van der Waals surface area contributed by atoms with Crippen LogP contribution in [-0.4, -0.2) is 36.1 Å². The van der Waals surface area contributed by atoms with Crippen LogP contribution in [0.3, 0.4) is 0 Å². The Kier molecular flexibility index (Phi) is 4.76. The normalized spacial score (nSPS) is 22.9. The van der Waals surface area contributed by atoms with E-state index in [4.69, 9.17) is 15.5 Å². The van der Waals surface area contributed by atoms with Crippen molar-refractivity contribution in [2.45, 2.75) is 57.5 Å². The molecule has 1 saturated heterocycles. The Morgan fingerprint density at radius 3 is 2.95 bits per heavy atom. The van der Waals surface area contributed by atoms with Crippen LogP contribution in [0, 0.1) is 0 Å². The minimum Gasteiger partial charge on any atom is -0.476 e. The SMILES string of the molecule is CN1CCCCC1COc1nc2c(cc1CN)CCCC2. The molecule has 4 nitrogen and oxygen atoms in total. The van der Waals surface area contributed by atoms with Crippen LogP contribution in [0.1, 0.15) is 48.9 Å². The molecule has 0 bridgehead atoms. The number of ether oxygens (including phenoxy) is 1. The number of aryl methyl sites for hydroxylation is 2. The van der Waals surface area contributed by atoms with E-state index >= 15 is 0 Å². The summed E-state index contributed by atoms with van der Waals surface area (Å²) in [5.41, 5.74) is 9.56. The van der Waals surface area contributed by atoms with Gasteiger partial charge in [-0.05, 0) is 63.7 Å². The number of likely N-dealkylation sites (tertiary alicyclic amines) is 1. The fourth-order valence-electron chi connectivity index (χ4n) is 3.46. The number of aromatic nitrogens is 1. The maximum Gasteiger partial charge on any atom is 0.218 e. The summed E-state index contributed by atoms with van der Waals surface area (Å²) < 4.78 is 6.07. The second-order valence-electron chi connectivity index (χ2n) is 6.41. The van der Waals surface area contributed by atoms with E-state index in [0.29, 0.717) is 12.6 Å².